The van der Waals surface area contributed by atoms with E-state index in [1.165, 1.54) is 17.3 Å². The Kier molecular flexibility index (Phi) is 7.24. The molecule has 0 unspecified atom stereocenters. The molecule has 0 spiro atoms. The van der Waals surface area contributed by atoms with E-state index >= 15 is 0 Å². The van der Waals surface area contributed by atoms with Gasteiger partial charge in [-0.15, -0.1) is 16.8 Å². The third-order valence-electron chi connectivity index (χ3n) is 5.31. The van der Waals surface area contributed by atoms with Gasteiger partial charge in [-0.3, -0.25) is 9.69 Å². The van der Waals surface area contributed by atoms with E-state index in [9.17, 15) is 4.79 Å². The molecule has 1 aliphatic rings. The number of amides is 1. The van der Waals surface area contributed by atoms with Gasteiger partial charge in [0, 0.05) is 38.3 Å². The summed E-state index contributed by atoms with van der Waals surface area (Å²) < 4.78 is 5.70. The van der Waals surface area contributed by atoms with E-state index in [-0.39, 0.29) is 11.7 Å². The van der Waals surface area contributed by atoms with Crippen molar-refractivity contribution in [2.45, 2.75) is 12.1 Å². The van der Waals surface area contributed by atoms with Gasteiger partial charge in [-0.2, -0.15) is 0 Å². The van der Waals surface area contributed by atoms with Crippen molar-refractivity contribution in [3.05, 3.63) is 66.7 Å². The Hall–Kier alpha value is -3.10. The molecule has 1 N–H and O–H groups in total. The van der Waals surface area contributed by atoms with E-state index in [1.54, 1.807) is 0 Å². The summed E-state index contributed by atoms with van der Waals surface area (Å²) in [5, 5.41) is 11.6. The second-order valence-corrected chi connectivity index (χ2v) is 8.60. The molecule has 0 aliphatic carbocycles. The quantitative estimate of drug-likeness (QED) is 0.410. The minimum absolute atomic E-state index is 0.108. The van der Waals surface area contributed by atoms with Gasteiger partial charge in [-0.05, 0) is 31.2 Å². The van der Waals surface area contributed by atoms with Gasteiger partial charge in [-0.1, -0.05) is 47.7 Å². The van der Waals surface area contributed by atoms with E-state index in [0.717, 1.165) is 49.7 Å². The molecule has 1 fully saturated rings. The van der Waals surface area contributed by atoms with Crippen LogP contribution in [0.5, 0.6) is 0 Å². The maximum atomic E-state index is 12.6. The first-order valence-electron chi connectivity index (χ1n) is 10.6. The first-order chi connectivity index (χ1) is 15.6. The normalized spacial score (nSPS) is 14.3. The Balaban J connectivity index is 1.33. The number of anilines is 2. The molecule has 0 atom stereocenters. The van der Waals surface area contributed by atoms with Gasteiger partial charge in [0.15, 0.2) is 0 Å². The minimum atomic E-state index is -0.108. The van der Waals surface area contributed by atoms with Gasteiger partial charge in [0.25, 0.3) is 5.22 Å². The van der Waals surface area contributed by atoms with Crippen LogP contribution in [0.4, 0.5) is 11.4 Å². The third-order valence-corrected chi connectivity index (χ3v) is 6.13. The standard InChI is InChI=1S/C24H27N5O2S/c1-3-12-28-13-15-29(16-14-28)21-7-5-4-6-20(21)25-22(30)17-32-24-27-26-23(31-24)19-10-8-18(2)9-11-19/h3-11H,1,12-17H2,2H3,(H,25,30). The van der Waals surface area contributed by atoms with Crippen LogP contribution in [0.2, 0.25) is 0 Å². The van der Waals surface area contributed by atoms with Crippen LogP contribution in [0.25, 0.3) is 11.5 Å². The monoisotopic (exact) mass is 449 g/mol. The summed E-state index contributed by atoms with van der Waals surface area (Å²) in [5.41, 5.74) is 3.89. The topological polar surface area (TPSA) is 74.5 Å². The summed E-state index contributed by atoms with van der Waals surface area (Å²) in [4.78, 5) is 17.3. The smallest absolute Gasteiger partial charge is 0.277 e. The summed E-state index contributed by atoms with van der Waals surface area (Å²) in [6.45, 7) is 10.5. The number of hydrogen-bond donors (Lipinski definition) is 1. The molecule has 2 aromatic carbocycles. The zero-order valence-electron chi connectivity index (χ0n) is 18.2. The first-order valence-corrected chi connectivity index (χ1v) is 11.6. The Morgan fingerprint density at radius 3 is 2.62 bits per heavy atom. The molecular formula is C24H27N5O2S. The van der Waals surface area contributed by atoms with Crippen LogP contribution >= 0.6 is 11.8 Å². The van der Waals surface area contributed by atoms with E-state index in [1.807, 2.05) is 55.5 Å². The third kappa shape index (κ3) is 5.57. The second kappa shape index (κ2) is 10.5. The highest BCUT2D eigenvalue weighted by atomic mass is 32.2. The fraction of sp³-hybridized carbons (Fsp3) is 0.292. The van der Waals surface area contributed by atoms with Crippen LogP contribution in [-0.2, 0) is 4.79 Å². The molecule has 0 radical (unpaired) electrons. The van der Waals surface area contributed by atoms with Gasteiger partial charge in [0.2, 0.25) is 11.8 Å². The fourth-order valence-corrected chi connectivity index (χ4v) is 4.17. The average Bonchev–Trinajstić information content (AvgIpc) is 3.29. The summed E-state index contributed by atoms with van der Waals surface area (Å²) >= 11 is 1.23. The lowest BCUT2D eigenvalue weighted by atomic mass is 10.1. The Morgan fingerprint density at radius 2 is 1.88 bits per heavy atom. The van der Waals surface area contributed by atoms with Crippen LogP contribution in [-0.4, -0.2) is 59.5 Å². The van der Waals surface area contributed by atoms with Gasteiger partial charge >= 0.3 is 0 Å². The van der Waals surface area contributed by atoms with Crippen molar-refractivity contribution in [1.82, 2.24) is 15.1 Å². The van der Waals surface area contributed by atoms with Crippen molar-refractivity contribution in [2.75, 3.05) is 48.7 Å². The number of carbonyl (C=O) groups excluding carboxylic acids is 1. The van der Waals surface area contributed by atoms with E-state index in [4.69, 9.17) is 4.42 Å². The molecule has 2 heterocycles. The van der Waals surface area contributed by atoms with Crippen molar-refractivity contribution >= 4 is 29.0 Å². The van der Waals surface area contributed by atoms with Crippen molar-refractivity contribution < 1.29 is 9.21 Å². The zero-order chi connectivity index (χ0) is 22.3. The van der Waals surface area contributed by atoms with Gasteiger partial charge in [-0.25, -0.2) is 0 Å². The SMILES string of the molecule is C=CCN1CCN(c2ccccc2NC(=O)CSc2nnc(-c3ccc(C)cc3)o2)CC1. The Labute approximate surface area is 192 Å². The lowest BCUT2D eigenvalue weighted by molar-refractivity contribution is -0.113. The van der Waals surface area contributed by atoms with E-state index < -0.39 is 0 Å². The van der Waals surface area contributed by atoms with Crippen molar-refractivity contribution in [1.29, 1.82) is 0 Å². The number of rotatable bonds is 8. The van der Waals surface area contributed by atoms with Gasteiger partial charge < -0.3 is 14.6 Å². The predicted octanol–water partition coefficient (Wildman–Crippen LogP) is 4.08. The highest BCUT2D eigenvalue weighted by Crippen LogP contribution is 2.28. The lowest BCUT2D eigenvalue weighted by Gasteiger charge is -2.36. The summed E-state index contributed by atoms with van der Waals surface area (Å²) in [6, 6.07) is 15.8. The van der Waals surface area contributed by atoms with Crippen LogP contribution in [0, 0.1) is 6.92 Å². The van der Waals surface area contributed by atoms with Crippen molar-refractivity contribution in [2.24, 2.45) is 0 Å². The number of thioether (sulfide) groups is 1. The molecule has 1 aromatic heterocycles. The molecule has 8 heteroatoms. The minimum Gasteiger partial charge on any atom is -0.411 e. The molecule has 3 aromatic rings. The number of benzene rings is 2. The first kappa shape index (κ1) is 22.1. The number of nitrogens with one attached hydrogen (secondary N) is 1. The van der Waals surface area contributed by atoms with Crippen molar-refractivity contribution in [3.63, 3.8) is 0 Å². The van der Waals surface area contributed by atoms with Crippen LogP contribution < -0.4 is 10.2 Å². The summed E-state index contributed by atoms with van der Waals surface area (Å²) in [7, 11) is 0. The summed E-state index contributed by atoms with van der Waals surface area (Å²) in [6.07, 6.45) is 1.94. The molecule has 4 rings (SSSR count). The second-order valence-electron chi connectivity index (χ2n) is 7.67. The number of aromatic nitrogens is 2. The molecular weight excluding hydrogens is 422 g/mol. The number of piperazine rings is 1. The molecule has 7 nitrogen and oxygen atoms in total. The van der Waals surface area contributed by atoms with Gasteiger partial charge in [0.1, 0.15) is 0 Å². The lowest BCUT2D eigenvalue weighted by Crippen LogP contribution is -2.46. The maximum absolute atomic E-state index is 12.6. The highest BCUT2D eigenvalue weighted by molar-refractivity contribution is 7.99. The largest absolute Gasteiger partial charge is 0.411 e. The predicted molar refractivity (Wildman–Crippen MR) is 129 cm³/mol. The van der Waals surface area contributed by atoms with Crippen molar-refractivity contribution in [3.8, 4) is 11.5 Å². The van der Waals surface area contributed by atoms with Crippen LogP contribution in [0.3, 0.4) is 0 Å². The number of hydrogen-bond acceptors (Lipinski definition) is 7. The molecule has 166 valence electrons. The summed E-state index contributed by atoms with van der Waals surface area (Å²) in [5.74, 6) is 0.536. The number of nitrogens with zero attached hydrogens (tertiary/aromatic N) is 4. The van der Waals surface area contributed by atoms with Crippen LogP contribution in [0.1, 0.15) is 5.56 Å². The van der Waals surface area contributed by atoms with Gasteiger partial charge in [0.05, 0.1) is 17.1 Å². The molecule has 1 aliphatic heterocycles. The highest BCUT2D eigenvalue weighted by Gasteiger charge is 2.19. The molecule has 0 bridgehead atoms. The Bertz CT molecular complexity index is 1060. The molecule has 32 heavy (non-hydrogen) atoms. The number of carbonyl (C=O) groups is 1. The fourth-order valence-electron chi connectivity index (χ4n) is 3.60. The number of aryl methyl sites for hydroxylation is 1. The molecule has 0 saturated carbocycles. The zero-order valence-corrected chi connectivity index (χ0v) is 19.0. The molecule has 1 saturated heterocycles. The number of para-hydroxylation sites is 2. The molecule has 1 amide bonds. The van der Waals surface area contributed by atoms with Crippen LogP contribution in [0.15, 0.2) is 70.8 Å². The van der Waals surface area contributed by atoms with E-state index in [2.05, 4.69) is 38.0 Å². The van der Waals surface area contributed by atoms with E-state index in [0.29, 0.717) is 11.1 Å². The maximum Gasteiger partial charge on any atom is 0.277 e. The average molecular weight is 450 g/mol. The Morgan fingerprint density at radius 1 is 1.12 bits per heavy atom.